The molecule has 1 unspecified atom stereocenters. The fraction of sp³-hybridized carbons (Fsp3) is 0.308. The lowest BCUT2D eigenvalue weighted by Gasteiger charge is -2.11. The standard InChI is InChI=1S/C13H15FN2O/c1-8(2)12(15)11-7-16-13(17-11)9-4-3-5-10(14)6-9/h3-8,12H,15H2,1-2H3. The van der Waals surface area contributed by atoms with Gasteiger partial charge in [0, 0.05) is 5.56 Å². The van der Waals surface area contributed by atoms with Crippen LogP contribution in [0.5, 0.6) is 0 Å². The van der Waals surface area contributed by atoms with E-state index < -0.39 is 0 Å². The van der Waals surface area contributed by atoms with Gasteiger partial charge in [-0.1, -0.05) is 19.9 Å². The first-order valence-corrected chi connectivity index (χ1v) is 5.55. The number of benzene rings is 1. The van der Waals surface area contributed by atoms with Crippen LogP contribution in [-0.4, -0.2) is 4.98 Å². The van der Waals surface area contributed by atoms with E-state index in [0.29, 0.717) is 17.2 Å². The van der Waals surface area contributed by atoms with E-state index in [1.165, 1.54) is 12.1 Å². The molecule has 17 heavy (non-hydrogen) atoms. The van der Waals surface area contributed by atoms with Crippen molar-refractivity contribution in [3.8, 4) is 11.5 Å². The molecule has 0 spiro atoms. The summed E-state index contributed by atoms with van der Waals surface area (Å²) in [6, 6.07) is 5.95. The van der Waals surface area contributed by atoms with Crippen LogP contribution < -0.4 is 5.73 Å². The van der Waals surface area contributed by atoms with Crippen molar-refractivity contribution >= 4 is 0 Å². The van der Waals surface area contributed by atoms with Crippen LogP contribution in [-0.2, 0) is 0 Å². The van der Waals surface area contributed by atoms with E-state index >= 15 is 0 Å². The van der Waals surface area contributed by atoms with Gasteiger partial charge in [0.2, 0.25) is 5.89 Å². The van der Waals surface area contributed by atoms with Crippen LogP contribution in [0.25, 0.3) is 11.5 Å². The Morgan fingerprint density at radius 1 is 1.35 bits per heavy atom. The van der Waals surface area contributed by atoms with Crippen molar-refractivity contribution in [1.82, 2.24) is 4.98 Å². The fourth-order valence-electron chi connectivity index (χ4n) is 1.52. The summed E-state index contributed by atoms with van der Waals surface area (Å²) >= 11 is 0. The van der Waals surface area contributed by atoms with E-state index in [9.17, 15) is 4.39 Å². The molecule has 2 N–H and O–H groups in total. The van der Waals surface area contributed by atoms with Gasteiger partial charge in [0.05, 0.1) is 12.2 Å². The van der Waals surface area contributed by atoms with Crippen molar-refractivity contribution in [2.24, 2.45) is 11.7 Å². The summed E-state index contributed by atoms with van der Waals surface area (Å²) in [6.07, 6.45) is 1.60. The summed E-state index contributed by atoms with van der Waals surface area (Å²) in [5, 5.41) is 0. The van der Waals surface area contributed by atoms with Crippen LogP contribution in [0.2, 0.25) is 0 Å². The van der Waals surface area contributed by atoms with Crippen LogP contribution in [0, 0.1) is 11.7 Å². The third kappa shape index (κ3) is 2.53. The van der Waals surface area contributed by atoms with Gasteiger partial charge in [-0.2, -0.15) is 0 Å². The molecular weight excluding hydrogens is 219 g/mol. The molecule has 0 radical (unpaired) electrons. The lowest BCUT2D eigenvalue weighted by molar-refractivity contribution is 0.407. The van der Waals surface area contributed by atoms with Crippen LogP contribution in [0.4, 0.5) is 4.39 Å². The predicted octanol–water partition coefficient (Wildman–Crippen LogP) is 3.14. The topological polar surface area (TPSA) is 52.0 Å². The smallest absolute Gasteiger partial charge is 0.226 e. The molecule has 2 aromatic rings. The van der Waals surface area contributed by atoms with Crippen molar-refractivity contribution in [2.75, 3.05) is 0 Å². The van der Waals surface area contributed by atoms with Crippen LogP contribution >= 0.6 is 0 Å². The molecule has 1 aromatic carbocycles. The highest BCUT2D eigenvalue weighted by Gasteiger charge is 2.16. The third-order valence-corrected chi connectivity index (χ3v) is 2.64. The average molecular weight is 234 g/mol. The van der Waals surface area contributed by atoms with Crippen molar-refractivity contribution in [3.63, 3.8) is 0 Å². The Hall–Kier alpha value is -1.68. The van der Waals surface area contributed by atoms with Gasteiger partial charge in [0.1, 0.15) is 11.6 Å². The SMILES string of the molecule is CC(C)C(N)c1cnc(-c2cccc(F)c2)o1. The molecule has 1 aromatic heterocycles. The van der Waals surface area contributed by atoms with Crippen molar-refractivity contribution < 1.29 is 8.81 Å². The highest BCUT2D eigenvalue weighted by atomic mass is 19.1. The molecule has 90 valence electrons. The molecule has 3 nitrogen and oxygen atoms in total. The molecule has 0 aliphatic rings. The van der Waals surface area contributed by atoms with Crippen LogP contribution in [0.3, 0.4) is 0 Å². The Morgan fingerprint density at radius 3 is 2.76 bits per heavy atom. The molecule has 4 heteroatoms. The highest BCUT2D eigenvalue weighted by molar-refractivity contribution is 5.52. The summed E-state index contributed by atoms with van der Waals surface area (Å²) in [5.74, 6) is 0.980. The van der Waals surface area contributed by atoms with Crippen LogP contribution in [0.1, 0.15) is 25.6 Å². The number of halogens is 1. The van der Waals surface area contributed by atoms with E-state index in [1.54, 1.807) is 18.3 Å². The lowest BCUT2D eigenvalue weighted by Crippen LogP contribution is -2.15. The zero-order valence-electron chi connectivity index (χ0n) is 9.85. The molecule has 0 bridgehead atoms. The maximum atomic E-state index is 13.1. The summed E-state index contributed by atoms with van der Waals surface area (Å²) in [7, 11) is 0. The average Bonchev–Trinajstić information content (AvgIpc) is 2.77. The van der Waals surface area contributed by atoms with Gasteiger partial charge in [-0.05, 0) is 24.1 Å². The van der Waals surface area contributed by atoms with E-state index in [1.807, 2.05) is 13.8 Å². The van der Waals surface area contributed by atoms with E-state index in [2.05, 4.69) is 4.98 Å². The number of nitrogens with two attached hydrogens (primary N) is 1. The first kappa shape index (κ1) is 11.8. The molecule has 1 atom stereocenters. The minimum Gasteiger partial charge on any atom is -0.440 e. The van der Waals surface area contributed by atoms with E-state index in [-0.39, 0.29) is 17.8 Å². The first-order valence-electron chi connectivity index (χ1n) is 5.55. The number of oxazole rings is 1. The zero-order valence-corrected chi connectivity index (χ0v) is 9.85. The van der Waals surface area contributed by atoms with Gasteiger partial charge in [-0.15, -0.1) is 0 Å². The lowest BCUT2D eigenvalue weighted by atomic mass is 10.0. The minimum atomic E-state index is -0.310. The molecule has 0 aliphatic carbocycles. The predicted molar refractivity (Wildman–Crippen MR) is 63.7 cm³/mol. The van der Waals surface area contributed by atoms with Gasteiger partial charge in [0.25, 0.3) is 0 Å². The molecule has 0 saturated carbocycles. The summed E-state index contributed by atoms with van der Waals surface area (Å²) in [4.78, 5) is 4.12. The Balaban J connectivity index is 2.30. The van der Waals surface area contributed by atoms with Gasteiger partial charge >= 0.3 is 0 Å². The van der Waals surface area contributed by atoms with Crippen molar-refractivity contribution in [2.45, 2.75) is 19.9 Å². The molecule has 0 saturated heterocycles. The highest BCUT2D eigenvalue weighted by Crippen LogP contribution is 2.25. The third-order valence-electron chi connectivity index (χ3n) is 2.64. The monoisotopic (exact) mass is 234 g/mol. The van der Waals surface area contributed by atoms with Gasteiger partial charge in [0.15, 0.2) is 0 Å². The zero-order chi connectivity index (χ0) is 12.4. The van der Waals surface area contributed by atoms with Crippen LogP contribution in [0.15, 0.2) is 34.9 Å². The van der Waals surface area contributed by atoms with E-state index in [0.717, 1.165) is 0 Å². The number of nitrogens with zero attached hydrogens (tertiary/aromatic N) is 1. The number of hydrogen-bond acceptors (Lipinski definition) is 3. The molecule has 0 amide bonds. The number of aromatic nitrogens is 1. The second kappa shape index (κ2) is 4.67. The quantitative estimate of drug-likeness (QED) is 0.887. The normalized spacial score (nSPS) is 13.0. The maximum absolute atomic E-state index is 13.1. The summed E-state index contributed by atoms with van der Waals surface area (Å²) in [5.41, 5.74) is 6.57. The molecule has 0 fully saturated rings. The number of rotatable bonds is 3. The minimum absolute atomic E-state index is 0.190. The summed E-state index contributed by atoms with van der Waals surface area (Å²) in [6.45, 7) is 4.02. The Kier molecular flexibility index (Phi) is 3.24. The Bertz CT molecular complexity index is 508. The Morgan fingerprint density at radius 2 is 2.12 bits per heavy atom. The Labute approximate surface area is 99.5 Å². The second-order valence-electron chi connectivity index (χ2n) is 4.35. The molecule has 1 heterocycles. The van der Waals surface area contributed by atoms with Crippen molar-refractivity contribution in [1.29, 1.82) is 0 Å². The largest absolute Gasteiger partial charge is 0.440 e. The second-order valence-corrected chi connectivity index (χ2v) is 4.35. The van der Waals surface area contributed by atoms with E-state index in [4.69, 9.17) is 10.2 Å². The molecular formula is C13H15FN2O. The first-order chi connectivity index (χ1) is 8.08. The molecule has 2 rings (SSSR count). The van der Waals surface area contributed by atoms with Gasteiger partial charge in [-0.25, -0.2) is 9.37 Å². The van der Waals surface area contributed by atoms with Gasteiger partial charge < -0.3 is 10.2 Å². The summed E-state index contributed by atoms with van der Waals surface area (Å²) < 4.78 is 18.6. The fourth-order valence-corrected chi connectivity index (χ4v) is 1.52. The van der Waals surface area contributed by atoms with Crippen molar-refractivity contribution in [3.05, 3.63) is 42.0 Å². The maximum Gasteiger partial charge on any atom is 0.226 e. The van der Waals surface area contributed by atoms with Gasteiger partial charge in [-0.3, -0.25) is 0 Å². The molecule has 0 aliphatic heterocycles. The number of hydrogen-bond donors (Lipinski definition) is 1.